The molecular weight excluding hydrogens is 250 g/mol. The first-order valence-electron chi connectivity index (χ1n) is 6.42. The van der Waals surface area contributed by atoms with Crippen molar-refractivity contribution < 1.29 is 13.6 Å². The van der Waals surface area contributed by atoms with E-state index >= 15 is 0 Å². The van der Waals surface area contributed by atoms with E-state index in [-0.39, 0.29) is 24.4 Å². The minimum absolute atomic E-state index is 0.0170. The molecule has 104 valence electrons. The fourth-order valence-corrected chi connectivity index (χ4v) is 2.54. The van der Waals surface area contributed by atoms with Gasteiger partial charge < -0.3 is 10.6 Å². The molecule has 2 atom stereocenters. The molecule has 1 aliphatic rings. The van der Waals surface area contributed by atoms with Crippen LogP contribution in [0.3, 0.4) is 0 Å². The predicted octanol–water partition coefficient (Wildman–Crippen LogP) is 2.05. The average molecular weight is 268 g/mol. The van der Waals surface area contributed by atoms with Crippen molar-refractivity contribution in [1.29, 1.82) is 0 Å². The van der Waals surface area contributed by atoms with Crippen LogP contribution in [0.1, 0.15) is 24.8 Å². The fourth-order valence-electron chi connectivity index (χ4n) is 2.54. The first-order chi connectivity index (χ1) is 8.97. The lowest BCUT2D eigenvalue weighted by atomic mass is 10.1. The predicted molar refractivity (Wildman–Crippen MR) is 68.1 cm³/mol. The van der Waals surface area contributed by atoms with Crippen molar-refractivity contribution in [3.05, 3.63) is 35.4 Å². The van der Waals surface area contributed by atoms with Gasteiger partial charge in [-0.05, 0) is 25.3 Å². The lowest BCUT2D eigenvalue weighted by Crippen LogP contribution is -2.32. The summed E-state index contributed by atoms with van der Waals surface area (Å²) in [4.78, 5) is 13.6. The van der Waals surface area contributed by atoms with E-state index in [9.17, 15) is 13.6 Å². The molecule has 0 aliphatic heterocycles. The van der Waals surface area contributed by atoms with Crippen LogP contribution in [0.25, 0.3) is 0 Å². The van der Waals surface area contributed by atoms with E-state index in [0.717, 1.165) is 18.9 Å². The van der Waals surface area contributed by atoms with E-state index in [4.69, 9.17) is 5.73 Å². The molecular formula is C14H18F2N2O. The van der Waals surface area contributed by atoms with Crippen LogP contribution in [-0.2, 0) is 11.3 Å². The molecule has 0 spiro atoms. The Kier molecular flexibility index (Phi) is 4.14. The molecule has 0 radical (unpaired) electrons. The van der Waals surface area contributed by atoms with Gasteiger partial charge in [0.25, 0.3) is 0 Å². The van der Waals surface area contributed by atoms with Gasteiger partial charge in [-0.1, -0.05) is 6.07 Å². The third-order valence-electron chi connectivity index (χ3n) is 3.62. The van der Waals surface area contributed by atoms with E-state index in [2.05, 4.69) is 0 Å². The molecule has 2 N–H and O–H groups in total. The molecule has 0 heterocycles. The Morgan fingerprint density at radius 3 is 2.74 bits per heavy atom. The molecule has 1 aromatic carbocycles. The minimum Gasteiger partial charge on any atom is -0.341 e. The van der Waals surface area contributed by atoms with E-state index in [1.165, 1.54) is 17.0 Å². The van der Waals surface area contributed by atoms with Crippen LogP contribution < -0.4 is 5.73 Å². The number of carbonyl (C=O) groups is 1. The Bertz CT molecular complexity index is 479. The van der Waals surface area contributed by atoms with Gasteiger partial charge in [0.2, 0.25) is 5.91 Å². The monoisotopic (exact) mass is 268 g/mol. The van der Waals surface area contributed by atoms with E-state index < -0.39 is 11.6 Å². The van der Waals surface area contributed by atoms with E-state index in [0.29, 0.717) is 12.0 Å². The summed E-state index contributed by atoms with van der Waals surface area (Å²) in [5.41, 5.74) is 6.10. The number of hydrogen-bond acceptors (Lipinski definition) is 2. The highest BCUT2D eigenvalue weighted by Gasteiger charge is 2.29. The van der Waals surface area contributed by atoms with Crippen LogP contribution in [0.15, 0.2) is 18.2 Å². The largest absolute Gasteiger partial charge is 0.341 e. The average Bonchev–Trinajstić information content (AvgIpc) is 2.78. The standard InChI is InChI=1S/C14H18F2N2O/c1-18(14(19)9-3-5-12(17)6-9)8-10-2-4-11(15)7-13(10)16/h2,4,7,9,12H,3,5-6,8,17H2,1H3. The summed E-state index contributed by atoms with van der Waals surface area (Å²) >= 11 is 0. The number of halogens is 2. The first-order valence-corrected chi connectivity index (χ1v) is 6.42. The molecule has 1 saturated carbocycles. The van der Waals surface area contributed by atoms with Crippen molar-refractivity contribution in [2.24, 2.45) is 11.7 Å². The molecule has 1 amide bonds. The van der Waals surface area contributed by atoms with Crippen molar-refractivity contribution in [3.63, 3.8) is 0 Å². The molecule has 1 aromatic rings. The van der Waals surface area contributed by atoms with Crippen LogP contribution in [0.5, 0.6) is 0 Å². The lowest BCUT2D eigenvalue weighted by molar-refractivity contribution is -0.134. The number of rotatable bonds is 3. The zero-order valence-electron chi connectivity index (χ0n) is 10.9. The van der Waals surface area contributed by atoms with Crippen molar-refractivity contribution in [2.75, 3.05) is 7.05 Å². The zero-order chi connectivity index (χ0) is 14.0. The second-order valence-corrected chi connectivity index (χ2v) is 5.20. The molecule has 1 aliphatic carbocycles. The Morgan fingerprint density at radius 1 is 1.42 bits per heavy atom. The van der Waals surface area contributed by atoms with Gasteiger partial charge in [0.15, 0.2) is 0 Å². The van der Waals surface area contributed by atoms with Crippen LogP contribution >= 0.6 is 0 Å². The molecule has 1 fully saturated rings. The molecule has 3 nitrogen and oxygen atoms in total. The lowest BCUT2D eigenvalue weighted by Gasteiger charge is -2.21. The maximum atomic E-state index is 13.5. The summed E-state index contributed by atoms with van der Waals surface area (Å²) in [6, 6.07) is 3.49. The van der Waals surface area contributed by atoms with Gasteiger partial charge in [0.05, 0.1) is 0 Å². The summed E-state index contributed by atoms with van der Waals surface area (Å²) < 4.78 is 26.3. The highest BCUT2D eigenvalue weighted by molar-refractivity contribution is 5.79. The summed E-state index contributed by atoms with van der Waals surface area (Å²) in [6.45, 7) is 0.149. The van der Waals surface area contributed by atoms with E-state index in [1.807, 2.05) is 0 Å². The summed E-state index contributed by atoms with van der Waals surface area (Å²) in [6.07, 6.45) is 2.33. The maximum absolute atomic E-state index is 13.5. The quantitative estimate of drug-likeness (QED) is 0.912. The summed E-state index contributed by atoms with van der Waals surface area (Å²) in [5.74, 6) is -1.32. The number of amides is 1. The highest BCUT2D eigenvalue weighted by atomic mass is 19.1. The molecule has 2 rings (SSSR count). The number of nitrogens with two attached hydrogens (primary N) is 1. The summed E-state index contributed by atoms with van der Waals surface area (Å²) in [5, 5.41) is 0. The zero-order valence-corrected chi connectivity index (χ0v) is 10.9. The van der Waals surface area contributed by atoms with Crippen LogP contribution in [0.2, 0.25) is 0 Å². The second kappa shape index (κ2) is 5.65. The minimum atomic E-state index is -0.622. The first kappa shape index (κ1) is 13.9. The molecule has 0 bridgehead atoms. The normalized spacial score (nSPS) is 22.5. The molecule has 19 heavy (non-hydrogen) atoms. The Morgan fingerprint density at radius 2 is 2.16 bits per heavy atom. The molecule has 0 saturated heterocycles. The van der Waals surface area contributed by atoms with Crippen molar-refractivity contribution in [2.45, 2.75) is 31.8 Å². The van der Waals surface area contributed by atoms with Crippen LogP contribution in [-0.4, -0.2) is 23.9 Å². The molecule has 2 unspecified atom stereocenters. The topological polar surface area (TPSA) is 46.3 Å². The Balaban J connectivity index is 2.00. The fraction of sp³-hybridized carbons (Fsp3) is 0.500. The van der Waals surface area contributed by atoms with Crippen molar-refractivity contribution >= 4 is 5.91 Å². The smallest absolute Gasteiger partial charge is 0.225 e. The van der Waals surface area contributed by atoms with Gasteiger partial charge in [-0.2, -0.15) is 0 Å². The van der Waals surface area contributed by atoms with Gasteiger partial charge >= 0.3 is 0 Å². The van der Waals surface area contributed by atoms with Gasteiger partial charge in [0.1, 0.15) is 11.6 Å². The van der Waals surface area contributed by atoms with Crippen LogP contribution in [0, 0.1) is 17.6 Å². The van der Waals surface area contributed by atoms with Crippen LogP contribution in [0.4, 0.5) is 8.78 Å². The number of hydrogen-bond donors (Lipinski definition) is 1. The number of nitrogens with zero attached hydrogens (tertiary/aromatic N) is 1. The van der Waals surface area contributed by atoms with Gasteiger partial charge in [0, 0.05) is 37.2 Å². The molecule has 0 aromatic heterocycles. The summed E-state index contributed by atoms with van der Waals surface area (Å²) in [7, 11) is 1.63. The number of benzene rings is 1. The van der Waals surface area contributed by atoms with Crippen molar-refractivity contribution in [1.82, 2.24) is 4.90 Å². The van der Waals surface area contributed by atoms with Gasteiger partial charge in [-0.3, -0.25) is 4.79 Å². The van der Waals surface area contributed by atoms with Crippen molar-refractivity contribution in [3.8, 4) is 0 Å². The second-order valence-electron chi connectivity index (χ2n) is 5.20. The SMILES string of the molecule is CN(Cc1ccc(F)cc1F)C(=O)C1CCC(N)C1. The third kappa shape index (κ3) is 3.29. The van der Waals surface area contributed by atoms with Gasteiger partial charge in [-0.15, -0.1) is 0 Å². The van der Waals surface area contributed by atoms with E-state index in [1.54, 1.807) is 7.05 Å². The Labute approximate surface area is 111 Å². The van der Waals surface area contributed by atoms with Gasteiger partial charge in [-0.25, -0.2) is 8.78 Å². The maximum Gasteiger partial charge on any atom is 0.225 e. The molecule has 5 heteroatoms. The number of carbonyl (C=O) groups excluding carboxylic acids is 1. The highest BCUT2D eigenvalue weighted by Crippen LogP contribution is 2.26. The Hall–Kier alpha value is -1.49. The third-order valence-corrected chi connectivity index (χ3v) is 3.62.